The van der Waals surface area contributed by atoms with Crippen molar-refractivity contribution in [3.8, 4) is 11.5 Å². The number of nitrogens with zero attached hydrogens (tertiary/aromatic N) is 2. The number of hydrogen-bond acceptors (Lipinski definition) is 9. The van der Waals surface area contributed by atoms with E-state index in [1.807, 2.05) is 12.1 Å². The maximum absolute atomic E-state index is 13.3. The highest BCUT2D eigenvalue weighted by molar-refractivity contribution is 5.96. The number of hydrogen-bond donors (Lipinski definition) is 5. The molecule has 0 fully saturated rings. The number of amides is 1. The Hall–Kier alpha value is -4.09. The second kappa shape index (κ2) is 9.51. The van der Waals surface area contributed by atoms with Gasteiger partial charge in [0.15, 0.2) is 6.29 Å². The van der Waals surface area contributed by atoms with Crippen LogP contribution < -0.4 is 31.0 Å². The van der Waals surface area contributed by atoms with E-state index in [9.17, 15) is 19.8 Å². The van der Waals surface area contributed by atoms with Gasteiger partial charge in [-0.25, -0.2) is 4.98 Å². The number of aliphatic hydroxyl groups excluding tert-OH is 1. The lowest BCUT2D eigenvalue weighted by atomic mass is 10.1. The molecule has 1 aliphatic heterocycles. The lowest BCUT2D eigenvalue weighted by Gasteiger charge is -2.23. The third kappa shape index (κ3) is 4.58. The van der Waals surface area contributed by atoms with Gasteiger partial charge in [0.1, 0.15) is 34.4 Å². The van der Waals surface area contributed by atoms with Crippen LogP contribution in [0.15, 0.2) is 41.3 Å². The Labute approximate surface area is 207 Å². The van der Waals surface area contributed by atoms with Crippen LogP contribution in [0.2, 0.25) is 0 Å². The fraction of sp³-hybridized carbons (Fsp3) is 0.320. The maximum atomic E-state index is 13.3. The summed E-state index contributed by atoms with van der Waals surface area (Å²) in [5.74, 6) is 1.40. The molecule has 1 aliphatic rings. The number of rotatable bonds is 8. The topological polar surface area (TPSA) is 147 Å². The Morgan fingerprint density at radius 2 is 1.86 bits per heavy atom. The van der Waals surface area contributed by atoms with Crippen LogP contribution in [0, 0.1) is 6.92 Å². The van der Waals surface area contributed by atoms with E-state index in [0.717, 1.165) is 5.56 Å². The number of fused-ring (bicyclic) bond motifs is 1. The average Bonchev–Trinajstić information content (AvgIpc) is 3.09. The van der Waals surface area contributed by atoms with Crippen molar-refractivity contribution in [2.75, 3.05) is 24.9 Å². The van der Waals surface area contributed by atoms with Gasteiger partial charge in [-0.3, -0.25) is 14.2 Å². The summed E-state index contributed by atoms with van der Waals surface area (Å²) >= 11 is 0. The minimum Gasteiger partial charge on any atom is -0.497 e. The molecule has 0 atom stereocenters. The molecule has 5 N–H and O–H groups in total. The molecule has 1 amide bonds. The van der Waals surface area contributed by atoms with Crippen molar-refractivity contribution in [1.82, 2.24) is 14.9 Å². The predicted molar refractivity (Wildman–Crippen MR) is 134 cm³/mol. The summed E-state index contributed by atoms with van der Waals surface area (Å²) < 4.78 is 12.1. The predicted octanol–water partition coefficient (Wildman–Crippen LogP) is 2.34. The molecule has 4 rings (SSSR count). The highest BCUT2D eigenvalue weighted by Gasteiger charge is 2.37. The standard InChI is InChI=1S/C25H29N5O6/c1-13-8-18(23(32)30-21(13)22(31)29-25(30,2)3)28-17-10-20(27-12-16(17)24(33)34)26-11-14-6-7-15(35-4)9-19(14)36-5/h6-10,12,24,33-34H,11H2,1-5H3,(H,29,31)(H2,26,27,28). The molecular weight excluding hydrogens is 466 g/mol. The Balaban J connectivity index is 1.67. The number of aromatic nitrogens is 2. The van der Waals surface area contributed by atoms with Gasteiger partial charge in [-0.15, -0.1) is 0 Å². The van der Waals surface area contributed by atoms with Crippen LogP contribution in [-0.4, -0.2) is 39.9 Å². The third-order valence-corrected chi connectivity index (χ3v) is 6.02. The molecule has 0 saturated heterocycles. The number of methoxy groups -OCH3 is 2. The first-order valence-corrected chi connectivity index (χ1v) is 11.2. The second-order valence-electron chi connectivity index (χ2n) is 8.93. The Bertz CT molecular complexity index is 1380. The van der Waals surface area contributed by atoms with E-state index in [0.29, 0.717) is 35.1 Å². The zero-order valence-electron chi connectivity index (χ0n) is 20.7. The lowest BCUT2D eigenvalue weighted by Crippen LogP contribution is -2.42. The number of nitrogens with one attached hydrogen (secondary N) is 3. The van der Waals surface area contributed by atoms with Crippen molar-refractivity contribution in [2.24, 2.45) is 0 Å². The number of anilines is 3. The van der Waals surface area contributed by atoms with E-state index in [-0.39, 0.29) is 22.8 Å². The molecule has 0 spiro atoms. The molecule has 11 heteroatoms. The summed E-state index contributed by atoms with van der Waals surface area (Å²) in [6.07, 6.45) is -0.512. The van der Waals surface area contributed by atoms with Gasteiger partial charge >= 0.3 is 0 Å². The van der Waals surface area contributed by atoms with Gasteiger partial charge in [-0.2, -0.15) is 0 Å². The minimum absolute atomic E-state index is 0.0820. The van der Waals surface area contributed by atoms with E-state index in [1.165, 1.54) is 10.8 Å². The lowest BCUT2D eigenvalue weighted by molar-refractivity contribution is -0.0421. The molecule has 0 aliphatic carbocycles. The smallest absolute Gasteiger partial charge is 0.276 e. The highest BCUT2D eigenvalue weighted by Crippen LogP contribution is 2.30. The molecule has 3 aromatic rings. The number of aryl methyl sites for hydroxylation is 1. The van der Waals surface area contributed by atoms with E-state index in [1.54, 1.807) is 53.2 Å². The number of aliphatic hydroxyl groups is 2. The first kappa shape index (κ1) is 25.0. The second-order valence-corrected chi connectivity index (χ2v) is 8.93. The number of benzene rings is 1. The highest BCUT2D eigenvalue weighted by atomic mass is 16.5. The average molecular weight is 496 g/mol. The van der Waals surface area contributed by atoms with Crippen molar-refractivity contribution in [3.05, 3.63) is 69.3 Å². The zero-order valence-corrected chi connectivity index (χ0v) is 20.7. The van der Waals surface area contributed by atoms with Crippen LogP contribution in [0.3, 0.4) is 0 Å². The van der Waals surface area contributed by atoms with Crippen molar-refractivity contribution >= 4 is 23.1 Å². The van der Waals surface area contributed by atoms with Gasteiger partial charge < -0.3 is 35.6 Å². The normalized spacial score (nSPS) is 13.8. The maximum Gasteiger partial charge on any atom is 0.276 e. The molecule has 190 valence electrons. The fourth-order valence-corrected chi connectivity index (χ4v) is 4.25. The van der Waals surface area contributed by atoms with Crippen LogP contribution in [0.25, 0.3) is 0 Å². The van der Waals surface area contributed by atoms with Gasteiger partial charge in [0.2, 0.25) is 0 Å². The summed E-state index contributed by atoms with van der Waals surface area (Å²) in [5.41, 5.74) is 0.952. The van der Waals surface area contributed by atoms with Crippen LogP contribution in [-0.2, 0) is 12.2 Å². The molecule has 11 nitrogen and oxygen atoms in total. The third-order valence-electron chi connectivity index (χ3n) is 6.02. The van der Waals surface area contributed by atoms with E-state index < -0.39 is 17.5 Å². The van der Waals surface area contributed by atoms with E-state index in [2.05, 4.69) is 20.9 Å². The Morgan fingerprint density at radius 3 is 2.53 bits per heavy atom. The van der Waals surface area contributed by atoms with Gasteiger partial charge in [-0.1, -0.05) is 0 Å². The zero-order chi connectivity index (χ0) is 26.2. The summed E-state index contributed by atoms with van der Waals surface area (Å²) in [5, 5.41) is 28.8. The molecule has 3 heterocycles. The number of carbonyl (C=O) groups excluding carboxylic acids is 1. The molecule has 1 aromatic carbocycles. The molecule has 0 bridgehead atoms. The van der Waals surface area contributed by atoms with E-state index >= 15 is 0 Å². The molecule has 0 saturated carbocycles. The molecular formula is C25H29N5O6. The van der Waals surface area contributed by atoms with Crippen LogP contribution in [0.4, 0.5) is 17.2 Å². The summed E-state index contributed by atoms with van der Waals surface area (Å²) in [6.45, 7) is 5.57. The summed E-state index contributed by atoms with van der Waals surface area (Å²) in [6, 6.07) is 8.59. The van der Waals surface area contributed by atoms with Crippen LogP contribution >= 0.6 is 0 Å². The van der Waals surface area contributed by atoms with Gasteiger partial charge in [-0.05, 0) is 44.5 Å². The van der Waals surface area contributed by atoms with Crippen molar-refractivity contribution in [3.63, 3.8) is 0 Å². The Morgan fingerprint density at radius 1 is 1.11 bits per heavy atom. The van der Waals surface area contributed by atoms with E-state index in [4.69, 9.17) is 9.47 Å². The summed E-state index contributed by atoms with van der Waals surface area (Å²) in [7, 11) is 3.14. The quantitative estimate of drug-likeness (QED) is 0.297. The number of pyridine rings is 2. The first-order valence-electron chi connectivity index (χ1n) is 11.2. The van der Waals surface area contributed by atoms with Gasteiger partial charge in [0, 0.05) is 36.0 Å². The fourth-order valence-electron chi connectivity index (χ4n) is 4.25. The van der Waals surface area contributed by atoms with Crippen molar-refractivity contribution in [1.29, 1.82) is 0 Å². The summed E-state index contributed by atoms with van der Waals surface area (Å²) in [4.78, 5) is 30.0. The Kier molecular flexibility index (Phi) is 6.61. The number of carbonyl (C=O) groups is 1. The van der Waals surface area contributed by atoms with Crippen molar-refractivity contribution in [2.45, 2.75) is 39.3 Å². The SMILES string of the molecule is COc1ccc(CNc2cc(Nc3cc(C)c4n(c3=O)C(C)(C)NC4=O)c(C(O)O)cn2)c(OC)c1. The first-order chi connectivity index (χ1) is 17.1. The molecule has 2 aromatic heterocycles. The number of ether oxygens (including phenoxy) is 2. The molecule has 0 radical (unpaired) electrons. The minimum atomic E-state index is -1.83. The van der Waals surface area contributed by atoms with Crippen LogP contribution in [0.5, 0.6) is 11.5 Å². The van der Waals surface area contributed by atoms with Crippen LogP contribution in [0.1, 0.15) is 47.3 Å². The van der Waals surface area contributed by atoms with Gasteiger partial charge in [0.25, 0.3) is 11.5 Å². The van der Waals surface area contributed by atoms with Gasteiger partial charge in [0.05, 0.1) is 19.9 Å². The molecule has 0 unspecified atom stereocenters. The monoisotopic (exact) mass is 495 g/mol. The van der Waals surface area contributed by atoms with Crippen molar-refractivity contribution < 1.29 is 24.5 Å². The molecule has 36 heavy (non-hydrogen) atoms. The largest absolute Gasteiger partial charge is 0.497 e.